The Morgan fingerprint density at radius 2 is 0.484 bits per heavy atom. The highest BCUT2D eigenvalue weighted by molar-refractivity contribution is 6.31. The van der Waals surface area contributed by atoms with Gasteiger partial charge in [0, 0.05) is 188 Å². The lowest BCUT2D eigenvalue weighted by Gasteiger charge is -2.37. The number of hydrogen-bond donors (Lipinski definition) is 0. The number of hydrogen-bond acceptors (Lipinski definition) is 12. The number of para-hydroxylation sites is 1. The first kappa shape index (κ1) is 96.7. The van der Waals surface area contributed by atoms with Gasteiger partial charge in [0.05, 0.1) is 0 Å². The van der Waals surface area contributed by atoms with Crippen molar-refractivity contribution in [3.8, 4) is 23.0 Å². The quantitative estimate of drug-likeness (QED) is 0.0493. The van der Waals surface area contributed by atoms with E-state index in [2.05, 4.69) is 297 Å². The van der Waals surface area contributed by atoms with Gasteiger partial charge in [-0.3, -0.25) is 19.6 Å². The van der Waals surface area contributed by atoms with Crippen molar-refractivity contribution in [3.05, 3.63) is 381 Å². The number of nitrogens with zero attached hydrogens (tertiary/aromatic N) is 8. The Labute approximate surface area is 763 Å². The molecule has 0 aromatic heterocycles. The summed E-state index contributed by atoms with van der Waals surface area (Å²) in [7, 11) is 0. The van der Waals surface area contributed by atoms with E-state index in [1.165, 1.54) is 68.3 Å². The summed E-state index contributed by atoms with van der Waals surface area (Å²) in [4.78, 5) is 19.8. The monoisotopic (exact) mass is 1780 g/mol. The molecule has 12 nitrogen and oxygen atoms in total. The summed E-state index contributed by atoms with van der Waals surface area (Å²) in [6.07, 6.45) is 2.90. The van der Waals surface area contributed by atoms with Gasteiger partial charge < -0.3 is 38.5 Å². The molecule has 16 rings (SSSR count). The van der Waals surface area contributed by atoms with Crippen LogP contribution in [0.4, 0.5) is 27.1 Å². The Kier molecular flexibility index (Phi) is 40.6. The first-order chi connectivity index (χ1) is 57.8. The molecule has 20 heteroatoms. The number of aryl methyl sites for hydroxylation is 3. The fourth-order valence-corrected chi connectivity index (χ4v) is 16.0. The Bertz CT molecular complexity index is 4710. The molecule has 644 valence electrons. The van der Waals surface area contributed by atoms with Crippen LogP contribution < -0.4 is 38.5 Å². The standard InChI is InChI=1S/2C26H29ClN2O.C25H27ClN2O.C25H27FN2O.4ClH/c2*1-21-10-12-25(13-11-21)30-26(22-6-3-2-4-7-22)14-15-28-16-18-29(19-17-28)24-9-5-8-23(27)20-24;1-20-10-12-24(13-11-20)29-25(21-6-3-2-4-7-21)19-27-14-16-28(17-15-27)23-9-5-8-22(26)18-23;26-22-11-13-24(14-12-22)29-25(21-7-3-1-4-8-21)15-16-27-17-19-28(20-18-27)23-9-5-2-6-10-23;;;;/h2*2-13,20,26H,14-19H2,1H3;2-13,18,25H,14-17,19H2,1H3;1-14,25H,15-20H2;4*1H. The van der Waals surface area contributed by atoms with E-state index in [1.807, 2.05) is 60.7 Å². The molecule has 0 radical (unpaired) electrons. The maximum atomic E-state index is 13.2. The second-order valence-electron chi connectivity index (χ2n) is 30.9. The van der Waals surface area contributed by atoms with Crippen molar-refractivity contribution in [2.45, 2.75) is 64.4 Å². The Morgan fingerprint density at radius 1 is 0.254 bits per heavy atom. The van der Waals surface area contributed by atoms with Crippen LogP contribution in [-0.2, 0) is 0 Å². The third-order valence-corrected chi connectivity index (χ3v) is 23.1. The van der Waals surface area contributed by atoms with Crippen molar-refractivity contribution in [1.82, 2.24) is 19.6 Å². The molecular weight excluding hydrogens is 1670 g/mol. The number of halogens is 8. The summed E-state index contributed by atoms with van der Waals surface area (Å²) in [6.45, 7) is 26.7. The second kappa shape index (κ2) is 51.2. The minimum Gasteiger partial charge on any atom is -0.486 e. The van der Waals surface area contributed by atoms with Crippen LogP contribution in [0.15, 0.2) is 322 Å². The number of ether oxygens (including phenoxy) is 4. The molecular formula is C102H116Cl7FN8O4. The molecule has 0 bridgehead atoms. The predicted octanol–water partition coefficient (Wildman–Crippen LogP) is 24.4. The van der Waals surface area contributed by atoms with Gasteiger partial charge in [0.1, 0.15) is 53.2 Å². The minimum atomic E-state index is -0.245. The average Bonchev–Trinajstić information content (AvgIpc) is 0.849. The lowest BCUT2D eigenvalue weighted by Crippen LogP contribution is -2.48. The molecule has 4 atom stereocenters. The lowest BCUT2D eigenvalue weighted by molar-refractivity contribution is 0.128. The van der Waals surface area contributed by atoms with Gasteiger partial charge in [0.2, 0.25) is 0 Å². The van der Waals surface area contributed by atoms with Crippen LogP contribution in [0.25, 0.3) is 0 Å². The van der Waals surface area contributed by atoms with Crippen LogP contribution in [-0.4, -0.2) is 150 Å². The average molecular weight is 1790 g/mol. The molecule has 4 aliphatic heterocycles. The summed E-state index contributed by atoms with van der Waals surface area (Å²) < 4.78 is 38.7. The number of piperazine rings is 4. The van der Waals surface area contributed by atoms with Gasteiger partial charge in [-0.05, 0) is 170 Å². The van der Waals surface area contributed by atoms with E-state index in [0.29, 0.717) is 5.75 Å². The SMILES string of the molecule is Cc1ccc(OC(CCN2CCN(c3cccc(Cl)c3)CC2)c2ccccc2)cc1.Cc1ccc(OC(CCN2CCN(c3cccc(Cl)c3)CC2)c2ccccc2)cc1.Cc1ccc(OC(CN2CCN(c3cccc(Cl)c3)CC2)c2ccccc2)cc1.Cl.Cl.Cl.Cl.Fc1ccc(OC(CCN2CCN(c3ccccc3)CC2)c2ccccc2)cc1. The van der Waals surface area contributed by atoms with Gasteiger partial charge in [-0.15, -0.1) is 49.6 Å². The third kappa shape index (κ3) is 31.0. The summed E-state index contributed by atoms with van der Waals surface area (Å²) in [5.74, 6) is 3.24. The summed E-state index contributed by atoms with van der Waals surface area (Å²) in [5, 5.41) is 2.39. The Morgan fingerprint density at radius 3 is 0.762 bits per heavy atom. The number of anilines is 4. The summed E-state index contributed by atoms with van der Waals surface area (Å²) in [6, 6.07) is 108. The maximum Gasteiger partial charge on any atom is 0.136 e. The van der Waals surface area contributed by atoms with Gasteiger partial charge in [0.25, 0.3) is 0 Å². The maximum absolute atomic E-state index is 13.2. The van der Waals surface area contributed by atoms with Crippen molar-refractivity contribution >= 4 is 107 Å². The molecule has 0 amide bonds. The van der Waals surface area contributed by atoms with Crippen molar-refractivity contribution in [1.29, 1.82) is 0 Å². The van der Waals surface area contributed by atoms with E-state index in [9.17, 15) is 4.39 Å². The van der Waals surface area contributed by atoms with Crippen LogP contribution in [0.2, 0.25) is 15.1 Å². The second-order valence-corrected chi connectivity index (χ2v) is 32.2. The molecule has 0 saturated carbocycles. The van der Waals surface area contributed by atoms with E-state index in [0.717, 1.165) is 188 Å². The van der Waals surface area contributed by atoms with Crippen molar-refractivity contribution in [2.24, 2.45) is 0 Å². The Balaban J connectivity index is 0.000000183. The molecule has 0 aliphatic carbocycles. The van der Waals surface area contributed by atoms with E-state index in [4.69, 9.17) is 53.8 Å². The van der Waals surface area contributed by atoms with Crippen LogP contribution in [0.5, 0.6) is 23.0 Å². The zero-order valence-corrected chi connectivity index (χ0v) is 75.6. The molecule has 4 fully saturated rings. The summed E-state index contributed by atoms with van der Waals surface area (Å²) in [5.41, 5.74) is 13.5. The highest BCUT2D eigenvalue weighted by Gasteiger charge is 2.27. The van der Waals surface area contributed by atoms with Gasteiger partial charge >= 0.3 is 0 Å². The fourth-order valence-electron chi connectivity index (χ4n) is 15.5. The Hall–Kier alpha value is -9.16. The number of rotatable bonds is 27. The van der Waals surface area contributed by atoms with Gasteiger partial charge in [-0.1, -0.05) is 246 Å². The molecule has 12 aromatic rings. The van der Waals surface area contributed by atoms with Crippen LogP contribution in [0, 0.1) is 26.6 Å². The molecule has 12 aromatic carbocycles. The molecule has 122 heavy (non-hydrogen) atoms. The number of benzene rings is 12. The zero-order valence-electron chi connectivity index (χ0n) is 70.0. The molecule has 4 unspecified atom stereocenters. The van der Waals surface area contributed by atoms with E-state index in [1.54, 1.807) is 12.1 Å². The zero-order chi connectivity index (χ0) is 81.5. The molecule has 0 N–H and O–H groups in total. The third-order valence-electron chi connectivity index (χ3n) is 22.4. The van der Waals surface area contributed by atoms with Crippen molar-refractivity contribution in [2.75, 3.05) is 150 Å². The first-order valence-electron chi connectivity index (χ1n) is 41.8. The van der Waals surface area contributed by atoms with Crippen LogP contribution >= 0.6 is 84.4 Å². The summed E-state index contributed by atoms with van der Waals surface area (Å²) >= 11 is 18.5. The molecule has 4 saturated heterocycles. The van der Waals surface area contributed by atoms with Crippen molar-refractivity contribution < 1.29 is 23.3 Å². The van der Waals surface area contributed by atoms with Crippen LogP contribution in [0.3, 0.4) is 0 Å². The molecule has 4 aliphatic rings. The normalized spacial score (nSPS) is 15.3. The highest BCUT2D eigenvalue weighted by Crippen LogP contribution is 2.33. The van der Waals surface area contributed by atoms with Crippen molar-refractivity contribution in [3.63, 3.8) is 0 Å². The first-order valence-corrected chi connectivity index (χ1v) is 43.0. The highest BCUT2D eigenvalue weighted by atomic mass is 35.5. The topological polar surface area (TPSA) is 62.8 Å². The largest absolute Gasteiger partial charge is 0.486 e. The van der Waals surface area contributed by atoms with Crippen LogP contribution in [0.1, 0.15) is 82.6 Å². The van der Waals surface area contributed by atoms with Gasteiger partial charge in [-0.2, -0.15) is 0 Å². The smallest absolute Gasteiger partial charge is 0.136 e. The van der Waals surface area contributed by atoms with E-state index >= 15 is 0 Å². The molecule has 4 heterocycles. The minimum absolute atomic E-state index is 0. The fraction of sp³-hybridized carbons (Fsp3) is 0.294. The predicted molar refractivity (Wildman–Crippen MR) is 517 cm³/mol. The van der Waals surface area contributed by atoms with E-state index < -0.39 is 0 Å². The lowest BCUT2D eigenvalue weighted by atomic mass is 10.1. The molecule has 0 spiro atoms. The van der Waals surface area contributed by atoms with Gasteiger partial charge in [-0.25, -0.2) is 4.39 Å². The van der Waals surface area contributed by atoms with Gasteiger partial charge in [0.15, 0.2) is 0 Å². The van der Waals surface area contributed by atoms with E-state index in [-0.39, 0.29) is 79.9 Å².